The lowest BCUT2D eigenvalue weighted by Gasteiger charge is -2.14. The van der Waals surface area contributed by atoms with Crippen LogP contribution in [-0.2, 0) is 6.18 Å². The van der Waals surface area contributed by atoms with Crippen molar-refractivity contribution in [3.05, 3.63) is 73.8 Å². The molecule has 0 aliphatic carbocycles. The van der Waals surface area contributed by atoms with E-state index in [9.17, 15) is 38.5 Å². The van der Waals surface area contributed by atoms with E-state index in [0.717, 1.165) is 0 Å². The van der Waals surface area contributed by atoms with Crippen LogP contribution in [-0.4, -0.2) is 21.5 Å². The van der Waals surface area contributed by atoms with Gasteiger partial charge >= 0.3 is 6.18 Å². The smallest absolute Gasteiger partial charge is 0.387 e. The van der Waals surface area contributed by atoms with E-state index in [2.05, 4.69) is 5.32 Å². The molecule has 0 amide bonds. The van der Waals surface area contributed by atoms with Crippen molar-refractivity contribution in [1.82, 2.24) is 0 Å². The molecule has 8 nitrogen and oxygen atoms in total. The molecule has 2 rings (SSSR count). The van der Waals surface area contributed by atoms with E-state index in [4.69, 9.17) is 0 Å². The Morgan fingerprint density at radius 1 is 1.04 bits per heavy atom. The van der Waals surface area contributed by atoms with Gasteiger partial charge in [0.1, 0.15) is 0 Å². The van der Waals surface area contributed by atoms with E-state index in [-0.39, 0.29) is 18.7 Å². The van der Waals surface area contributed by atoms with Gasteiger partial charge in [-0.05, 0) is 5.56 Å². The molecule has 0 spiro atoms. The average Bonchev–Trinajstić information content (AvgIpc) is 2.58. The summed E-state index contributed by atoms with van der Waals surface area (Å²) in [7, 11) is 0. The fourth-order valence-electron chi connectivity index (χ4n) is 2.24. The third kappa shape index (κ3) is 4.25. The molecule has 0 fully saturated rings. The van der Waals surface area contributed by atoms with Crippen molar-refractivity contribution in [1.29, 1.82) is 0 Å². The normalized spacial score (nSPS) is 12.5. The quantitative estimate of drug-likeness (QED) is 0.591. The molecule has 2 aromatic rings. The topological polar surface area (TPSA) is 119 Å². The maximum Gasteiger partial charge on any atom is 0.416 e. The van der Waals surface area contributed by atoms with Gasteiger partial charge in [0.15, 0.2) is 5.69 Å². The number of aliphatic hydroxyl groups excluding tert-OH is 1. The Kier molecular flexibility index (Phi) is 5.41. The molecule has 2 aromatic carbocycles. The highest BCUT2D eigenvalue weighted by Crippen LogP contribution is 2.41. The zero-order chi connectivity index (χ0) is 19.5. The molecule has 0 aliphatic rings. The number of nitrogens with one attached hydrogen (secondary N) is 1. The van der Waals surface area contributed by atoms with Crippen LogP contribution >= 0.6 is 0 Å². The number of alkyl halides is 3. The standard InChI is InChI=1S/C15H12F3N3O5/c16-15(17,18)10-6-11(20(23)24)14(12(7-10)21(25)26)19-8-13(22)9-4-2-1-3-5-9/h1-7,13,19,22H,8H2/t13-/m1/s1. The summed E-state index contributed by atoms with van der Waals surface area (Å²) in [5.41, 5.74) is -4.00. The number of rotatable bonds is 6. The SMILES string of the molecule is O=[N+]([O-])c1cc(C(F)(F)F)cc([N+](=O)[O-])c1NC[C@@H](O)c1ccccc1. The minimum atomic E-state index is -4.99. The zero-order valence-electron chi connectivity index (χ0n) is 12.9. The summed E-state index contributed by atoms with van der Waals surface area (Å²) >= 11 is 0. The minimum Gasteiger partial charge on any atom is -0.387 e. The van der Waals surface area contributed by atoms with Crippen molar-refractivity contribution in [3.8, 4) is 0 Å². The van der Waals surface area contributed by atoms with Gasteiger partial charge in [-0.2, -0.15) is 13.2 Å². The van der Waals surface area contributed by atoms with Crippen LogP contribution in [0, 0.1) is 20.2 Å². The number of hydrogen-bond donors (Lipinski definition) is 2. The Morgan fingerprint density at radius 3 is 1.96 bits per heavy atom. The molecule has 0 bridgehead atoms. The summed E-state index contributed by atoms with van der Waals surface area (Å²) in [6, 6.07) is 8.48. The van der Waals surface area contributed by atoms with Crippen molar-refractivity contribution < 1.29 is 28.1 Å². The lowest BCUT2D eigenvalue weighted by Crippen LogP contribution is -2.15. The first-order chi connectivity index (χ1) is 12.1. The van der Waals surface area contributed by atoms with E-state index in [1.807, 2.05) is 0 Å². The first kappa shape index (κ1) is 19.1. The van der Waals surface area contributed by atoms with Crippen molar-refractivity contribution in [2.45, 2.75) is 12.3 Å². The predicted octanol–water partition coefficient (Wildman–Crippen LogP) is 3.67. The Hall–Kier alpha value is -3.21. The number of benzene rings is 2. The van der Waals surface area contributed by atoms with E-state index in [0.29, 0.717) is 5.56 Å². The second-order valence-electron chi connectivity index (χ2n) is 5.21. The van der Waals surface area contributed by atoms with Gasteiger partial charge in [0.2, 0.25) is 0 Å². The Labute approximate surface area is 144 Å². The van der Waals surface area contributed by atoms with Crippen LogP contribution in [0.15, 0.2) is 42.5 Å². The molecule has 0 unspecified atom stereocenters. The molecular weight excluding hydrogens is 359 g/mol. The number of nitro groups is 2. The summed E-state index contributed by atoms with van der Waals surface area (Å²) < 4.78 is 38.5. The first-order valence-corrected chi connectivity index (χ1v) is 7.12. The molecule has 138 valence electrons. The van der Waals surface area contributed by atoms with E-state index < -0.39 is 44.8 Å². The van der Waals surface area contributed by atoms with E-state index in [1.54, 1.807) is 30.3 Å². The number of nitro benzene ring substituents is 2. The van der Waals surface area contributed by atoms with Crippen LogP contribution in [0.5, 0.6) is 0 Å². The van der Waals surface area contributed by atoms with Gasteiger partial charge in [-0.3, -0.25) is 20.2 Å². The highest BCUT2D eigenvalue weighted by atomic mass is 19.4. The highest BCUT2D eigenvalue weighted by molar-refractivity contribution is 5.75. The third-order valence-electron chi connectivity index (χ3n) is 3.47. The van der Waals surface area contributed by atoms with Crippen molar-refractivity contribution in [3.63, 3.8) is 0 Å². The van der Waals surface area contributed by atoms with E-state index >= 15 is 0 Å². The Bertz CT molecular complexity index is 792. The van der Waals surface area contributed by atoms with Gasteiger partial charge in [-0.15, -0.1) is 0 Å². The number of aliphatic hydroxyl groups is 1. The number of hydrogen-bond acceptors (Lipinski definition) is 6. The molecule has 2 N–H and O–H groups in total. The van der Waals surface area contributed by atoms with Gasteiger partial charge in [0.05, 0.1) is 21.5 Å². The summed E-state index contributed by atoms with van der Waals surface area (Å²) in [5.74, 6) is 0. The lowest BCUT2D eigenvalue weighted by molar-refractivity contribution is -0.392. The molecule has 26 heavy (non-hydrogen) atoms. The van der Waals surface area contributed by atoms with E-state index in [1.165, 1.54) is 0 Å². The third-order valence-corrected chi connectivity index (χ3v) is 3.47. The second kappa shape index (κ2) is 7.35. The number of halogens is 3. The van der Waals surface area contributed by atoms with Crippen molar-refractivity contribution in [2.24, 2.45) is 0 Å². The number of nitrogens with zero attached hydrogens (tertiary/aromatic N) is 2. The van der Waals surface area contributed by atoms with Gasteiger partial charge < -0.3 is 10.4 Å². The maximum atomic E-state index is 12.8. The molecule has 0 aromatic heterocycles. The van der Waals surface area contributed by atoms with Gasteiger partial charge in [0.25, 0.3) is 11.4 Å². The fourth-order valence-corrected chi connectivity index (χ4v) is 2.24. The van der Waals surface area contributed by atoms with Crippen LogP contribution < -0.4 is 5.32 Å². The largest absolute Gasteiger partial charge is 0.416 e. The summed E-state index contributed by atoms with van der Waals surface area (Å²) in [6.07, 6.45) is -6.17. The molecule has 0 heterocycles. The maximum absolute atomic E-state index is 12.8. The average molecular weight is 371 g/mol. The minimum absolute atomic E-state index is 0.213. The number of anilines is 1. The summed E-state index contributed by atoms with van der Waals surface area (Å²) in [6.45, 7) is -0.378. The van der Waals surface area contributed by atoms with Gasteiger partial charge in [0, 0.05) is 18.7 Å². The predicted molar refractivity (Wildman–Crippen MR) is 84.6 cm³/mol. The van der Waals surface area contributed by atoms with Crippen molar-refractivity contribution in [2.75, 3.05) is 11.9 Å². The van der Waals surface area contributed by atoms with Crippen LogP contribution in [0.2, 0.25) is 0 Å². The first-order valence-electron chi connectivity index (χ1n) is 7.12. The molecule has 0 saturated heterocycles. The highest BCUT2D eigenvalue weighted by Gasteiger charge is 2.37. The molecule has 0 aliphatic heterocycles. The zero-order valence-corrected chi connectivity index (χ0v) is 12.9. The van der Waals surface area contributed by atoms with Crippen molar-refractivity contribution >= 4 is 17.1 Å². The molecule has 0 saturated carbocycles. The second-order valence-corrected chi connectivity index (χ2v) is 5.21. The lowest BCUT2D eigenvalue weighted by atomic mass is 10.1. The molecule has 1 atom stereocenters. The summed E-state index contributed by atoms with van der Waals surface area (Å²) in [5, 5.41) is 34.6. The van der Waals surface area contributed by atoms with Crippen LogP contribution in [0.3, 0.4) is 0 Å². The van der Waals surface area contributed by atoms with Gasteiger partial charge in [-0.25, -0.2) is 0 Å². The Morgan fingerprint density at radius 2 is 1.54 bits per heavy atom. The van der Waals surface area contributed by atoms with Crippen LogP contribution in [0.1, 0.15) is 17.2 Å². The van der Waals surface area contributed by atoms with Crippen LogP contribution in [0.4, 0.5) is 30.2 Å². The molecule has 0 radical (unpaired) electrons. The Balaban J connectivity index is 2.42. The fraction of sp³-hybridized carbons (Fsp3) is 0.200. The monoisotopic (exact) mass is 371 g/mol. The molecule has 11 heteroatoms. The molecular formula is C15H12F3N3O5. The van der Waals surface area contributed by atoms with Crippen LogP contribution in [0.25, 0.3) is 0 Å². The van der Waals surface area contributed by atoms with Gasteiger partial charge in [-0.1, -0.05) is 30.3 Å². The summed E-state index contributed by atoms with van der Waals surface area (Å²) in [4.78, 5) is 19.9.